The Morgan fingerprint density at radius 3 is 2.44 bits per heavy atom. The van der Waals surface area contributed by atoms with Gasteiger partial charge in [0.25, 0.3) is 0 Å². The predicted octanol–water partition coefficient (Wildman–Crippen LogP) is 2.58. The summed E-state index contributed by atoms with van der Waals surface area (Å²) in [5.74, 6) is 1.07. The number of guanidine groups is 1. The number of hydrogen-bond acceptors (Lipinski definition) is 3. The number of carbonyl (C=O) groups is 1. The smallest absolute Gasteiger partial charge is 0.227 e. The first-order valence-electron chi connectivity index (χ1n) is 9.82. The van der Waals surface area contributed by atoms with Gasteiger partial charge in [-0.2, -0.15) is 0 Å². The van der Waals surface area contributed by atoms with Crippen molar-refractivity contribution in [3.8, 4) is 0 Å². The molecule has 2 N–H and O–H groups in total. The van der Waals surface area contributed by atoms with Crippen LogP contribution in [0.25, 0.3) is 0 Å². The lowest BCUT2D eigenvalue weighted by Gasteiger charge is -2.17. The molecule has 0 aliphatic carbocycles. The molecule has 0 aromatic heterocycles. The van der Waals surface area contributed by atoms with Crippen LogP contribution >= 0.6 is 24.0 Å². The van der Waals surface area contributed by atoms with Crippen molar-refractivity contribution in [1.82, 2.24) is 15.5 Å². The van der Waals surface area contributed by atoms with Gasteiger partial charge in [0.2, 0.25) is 5.91 Å². The Kier molecular flexibility index (Phi) is 9.33. The molecule has 0 unspecified atom stereocenters. The highest BCUT2D eigenvalue weighted by atomic mass is 127. The summed E-state index contributed by atoms with van der Waals surface area (Å²) in [6.07, 6.45) is 5.47. The van der Waals surface area contributed by atoms with Crippen molar-refractivity contribution in [2.24, 2.45) is 4.99 Å². The minimum atomic E-state index is 0. The zero-order chi connectivity index (χ0) is 18.2. The lowest BCUT2D eigenvalue weighted by Crippen LogP contribution is -2.38. The van der Waals surface area contributed by atoms with E-state index in [2.05, 4.69) is 32.7 Å². The highest BCUT2D eigenvalue weighted by Crippen LogP contribution is 2.21. The maximum atomic E-state index is 11.8. The van der Waals surface area contributed by atoms with Crippen molar-refractivity contribution in [1.29, 1.82) is 0 Å². The molecule has 27 heavy (non-hydrogen) atoms. The molecule has 6 nitrogen and oxygen atoms in total. The minimum Gasteiger partial charge on any atom is -0.356 e. The van der Waals surface area contributed by atoms with Crippen molar-refractivity contribution in [3.63, 3.8) is 0 Å². The summed E-state index contributed by atoms with van der Waals surface area (Å²) in [6, 6.07) is 8.22. The fourth-order valence-electron chi connectivity index (χ4n) is 3.64. The summed E-state index contributed by atoms with van der Waals surface area (Å²) in [4.78, 5) is 20.5. The van der Waals surface area contributed by atoms with E-state index in [0.717, 1.165) is 44.1 Å². The van der Waals surface area contributed by atoms with Crippen LogP contribution in [0.1, 0.15) is 37.7 Å². The molecule has 3 rings (SSSR count). The zero-order valence-electron chi connectivity index (χ0n) is 16.2. The second-order valence-corrected chi connectivity index (χ2v) is 7.07. The second kappa shape index (κ2) is 11.5. The van der Waals surface area contributed by atoms with Crippen molar-refractivity contribution in [3.05, 3.63) is 29.8 Å². The van der Waals surface area contributed by atoms with Crippen LogP contribution in [0.5, 0.6) is 0 Å². The Hall–Kier alpha value is -1.35. The summed E-state index contributed by atoms with van der Waals surface area (Å²) in [5, 5.41) is 6.74. The van der Waals surface area contributed by atoms with Gasteiger partial charge in [0.05, 0.1) is 0 Å². The molecule has 0 spiro atoms. The summed E-state index contributed by atoms with van der Waals surface area (Å²) in [7, 11) is 1.80. The molecule has 0 atom stereocenters. The van der Waals surface area contributed by atoms with Crippen LogP contribution in [-0.4, -0.2) is 56.5 Å². The maximum Gasteiger partial charge on any atom is 0.227 e. The van der Waals surface area contributed by atoms with Crippen LogP contribution in [0.4, 0.5) is 5.69 Å². The molecule has 1 amide bonds. The van der Waals surface area contributed by atoms with E-state index in [0.29, 0.717) is 6.42 Å². The van der Waals surface area contributed by atoms with Crippen molar-refractivity contribution in [2.75, 3.05) is 44.7 Å². The maximum absolute atomic E-state index is 11.8. The molecular weight excluding hydrogens is 453 g/mol. The van der Waals surface area contributed by atoms with E-state index in [1.54, 1.807) is 7.05 Å². The van der Waals surface area contributed by atoms with Gasteiger partial charge in [-0.1, -0.05) is 12.1 Å². The molecule has 2 fully saturated rings. The van der Waals surface area contributed by atoms with Crippen LogP contribution in [-0.2, 0) is 11.3 Å². The normalized spacial score (nSPS) is 17.9. The molecule has 1 aromatic carbocycles. The molecule has 2 saturated heterocycles. The van der Waals surface area contributed by atoms with Gasteiger partial charge in [0.15, 0.2) is 5.96 Å². The van der Waals surface area contributed by atoms with E-state index < -0.39 is 0 Å². The Balaban J connectivity index is 0.00000261. The standard InChI is InChI=1S/C20H31N5O.HI/c1-21-20(22-11-5-14-24-12-2-3-13-24)23-16-17-7-9-18(10-8-17)25-15-4-6-19(25)26;/h7-10H,2-6,11-16H2,1H3,(H2,21,22,23);1H. The Bertz CT molecular complexity index is 613. The van der Waals surface area contributed by atoms with Gasteiger partial charge >= 0.3 is 0 Å². The van der Waals surface area contributed by atoms with E-state index in [-0.39, 0.29) is 29.9 Å². The fourth-order valence-corrected chi connectivity index (χ4v) is 3.64. The van der Waals surface area contributed by atoms with Gasteiger partial charge in [0.1, 0.15) is 0 Å². The van der Waals surface area contributed by atoms with Crippen LogP contribution < -0.4 is 15.5 Å². The number of anilines is 1. The van der Waals surface area contributed by atoms with Crippen LogP contribution in [0.15, 0.2) is 29.3 Å². The number of halogens is 1. The average molecular weight is 485 g/mol. The third-order valence-corrected chi connectivity index (χ3v) is 5.15. The number of likely N-dealkylation sites (tertiary alicyclic amines) is 1. The van der Waals surface area contributed by atoms with Gasteiger partial charge in [-0.25, -0.2) is 0 Å². The average Bonchev–Trinajstić information content (AvgIpc) is 3.33. The Morgan fingerprint density at radius 2 is 1.81 bits per heavy atom. The predicted molar refractivity (Wildman–Crippen MR) is 122 cm³/mol. The number of nitrogens with zero attached hydrogens (tertiary/aromatic N) is 3. The molecule has 2 heterocycles. The molecule has 0 saturated carbocycles. The fraction of sp³-hybridized carbons (Fsp3) is 0.600. The lowest BCUT2D eigenvalue weighted by molar-refractivity contribution is -0.117. The topological polar surface area (TPSA) is 60.0 Å². The molecule has 2 aliphatic rings. The molecule has 150 valence electrons. The number of amides is 1. The van der Waals surface area contributed by atoms with E-state index >= 15 is 0 Å². The van der Waals surface area contributed by atoms with Crippen LogP contribution in [0.2, 0.25) is 0 Å². The summed E-state index contributed by atoms with van der Waals surface area (Å²) < 4.78 is 0. The number of carbonyl (C=O) groups excluding carboxylic acids is 1. The third-order valence-electron chi connectivity index (χ3n) is 5.15. The molecule has 0 radical (unpaired) electrons. The minimum absolute atomic E-state index is 0. The van der Waals surface area contributed by atoms with Gasteiger partial charge < -0.3 is 20.4 Å². The third kappa shape index (κ3) is 6.64. The first-order chi connectivity index (χ1) is 12.8. The Morgan fingerprint density at radius 1 is 1.07 bits per heavy atom. The quantitative estimate of drug-likeness (QED) is 0.270. The first-order valence-corrected chi connectivity index (χ1v) is 9.82. The Labute approximate surface area is 179 Å². The van der Waals surface area contributed by atoms with Crippen LogP contribution in [0.3, 0.4) is 0 Å². The first kappa shape index (κ1) is 21.9. The van der Waals surface area contributed by atoms with Crippen molar-refractivity contribution in [2.45, 2.75) is 38.6 Å². The van der Waals surface area contributed by atoms with Gasteiger partial charge in [-0.15, -0.1) is 24.0 Å². The summed E-state index contributed by atoms with van der Waals surface area (Å²) in [5.41, 5.74) is 2.18. The highest BCUT2D eigenvalue weighted by Gasteiger charge is 2.21. The van der Waals surface area contributed by atoms with E-state index in [1.807, 2.05) is 17.0 Å². The van der Waals surface area contributed by atoms with E-state index in [1.165, 1.54) is 38.0 Å². The number of benzene rings is 1. The van der Waals surface area contributed by atoms with Gasteiger partial charge in [-0.05, 0) is 63.0 Å². The number of nitrogens with one attached hydrogen (secondary N) is 2. The molecule has 1 aromatic rings. The number of rotatable bonds is 7. The molecule has 2 aliphatic heterocycles. The van der Waals surface area contributed by atoms with Crippen molar-refractivity contribution >= 4 is 41.5 Å². The molecule has 0 bridgehead atoms. The SMILES string of the molecule is CN=C(NCCCN1CCCC1)NCc1ccc(N2CCCC2=O)cc1.I. The molecule has 7 heteroatoms. The second-order valence-electron chi connectivity index (χ2n) is 7.07. The van der Waals surface area contributed by atoms with Crippen LogP contribution in [0, 0.1) is 0 Å². The number of hydrogen-bond donors (Lipinski definition) is 2. The van der Waals surface area contributed by atoms with Gasteiger partial charge in [0, 0.05) is 38.8 Å². The number of aliphatic imine (C=N–C) groups is 1. The van der Waals surface area contributed by atoms with Gasteiger partial charge in [-0.3, -0.25) is 9.79 Å². The summed E-state index contributed by atoms with van der Waals surface area (Å²) >= 11 is 0. The van der Waals surface area contributed by atoms with E-state index in [9.17, 15) is 4.79 Å². The largest absolute Gasteiger partial charge is 0.356 e. The lowest BCUT2D eigenvalue weighted by atomic mass is 10.2. The van der Waals surface area contributed by atoms with Crippen molar-refractivity contribution < 1.29 is 4.79 Å². The summed E-state index contributed by atoms with van der Waals surface area (Å²) in [6.45, 7) is 6.18. The monoisotopic (exact) mass is 485 g/mol. The molecular formula is C20H32IN5O. The highest BCUT2D eigenvalue weighted by molar-refractivity contribution is 14.0. The zero-order valence-corrected chi connectivity index (χ0v) is 18.6. The van der Waals surface area contributed by atoms with E-state index in [4.69, 9.17) is 0 Å².